The molecule has 8 heavy (non-hydrogen) atoms. The van der Waals surface area contributed by atoms with Gasteiger partial charge >= 0.3 is 0 Å². The molecule has 0 aromatic rings. The quantitative estimate of drug-likeness (QED) is 0.583. The summed E-state index contributed by atoms with van der Waals surface area (Å²) in [5, 5.41) is 8.70. The average Bonchev–Trinajstić information content (AvgIpc) is 2.41. The van der Waals surface area contributed by atoms with Gasteiger partial charge in [-0.25, -0.2) is 0 Å². The molecule has 0 bridgehead atoms. The number of aliphatic hydroxyl groups excluding tert-OH is 1. The molecule has 0 aromatic heterocycles. The second kappa shape index (κ2) is 2.46. The van der Waals surface area contributed by atoms with Crippen molar-refractivity contribution in [3.05, 3.63) is 0 Å². The molecule has 1 aliphatic rings. The summed E-state index contributed by atoms with van der Waals surface area (Å²) in [5.74, 6) is 0. The van der Waals surface area contributed by atoms with Crippen molar-refractivity contribution in [3.63, 3.8) is 0 Å². The Kier molecular flexibility index (Phi) is 1.86. The Morgan fingerprint density at radius 1 is 1.75 bits per heavy atom. The van der Waals surface area contributed by atoms with E-state index in [0.29, 0.717) is 12.7 Å². The molecule has 1 atom stereocenters. The molecule has 0 saturated heterocycles. The third-order valence-electron chi connectivity index (χ3n) is 1.10. The van der Waals surface area contributed by atoms with Gasteiger partial charge in [-0.15, -0.1) is 0 Å². The fourth-order valence-electron chi connectivity index (χ4n) is 0.510. The van der Waals surface area contributed by atoms with Gasteiger partial charge in [-0.1, -0.05) is 0 Å². The Morgan fingerprint density at radius 2 is 2.38 bits per heavy atom. The van der Waals surface area contributed by atoms with E-state index >= 15 is 0 Å². The summed E-state index contributed by atoms with van der Waals surface area (Å²) >= 11 is 0. The Morgan fingerprint density at radius 3 is 2.75 bits per heavy atom. The molecule has 1 unspecified atom stereocenters. The second-order valence-electron chi connectivity index (χ2n) is 2.38. The molecule has 2 heteroatoms. The zero-order valence-electron chi connectivity index (χ0n) is 5.13. The molecule has 1 saturated carbocycles. The van der Waals surface area contributed by atoms with E-state index < -0.39 is 0 Å². The van der Waals surface area contributed by atoms with Crippen molar-refractivity contribution in [2.24, 2.45) is 0 Å². The number of ether oxygens (including phenoxy) is 1. The molecule has 1 rings (SSSR count). The fourth-order valence-corrected chi connectivity index (χ4v) is 0.510. The van der Waals surface area contributed by atoms with Crippen LogP contribution < -0.4 is 0 Å². The van der Waals surface area contributed by atoms with Gasteiger partial charge in [-0.3, -0.25) is 0 Å². The number of hydrogen-bond donors (Lipinski definition) is 1. The van der Waals surface area contributed by atoms with Crippen molar-refractivity contribution < 1.29 is 9.84 Å². The van der Waals surface area contributed by atoms with Crippen LogP contribution in [0.4, 0.5) is 0 Å². The Labute approximate surface area is 49.5 Å². The van der Waals surface area contributed by atoms with Crippen molar-refractivity contribution in [3.8, 4) is 0 Å². The van der Waals surface area contributed by atoms with Crippen LogP contribution in [0.5, 0.6) is 0 Å². The Hall–Kier alpha value is -0.0800. The van der Waals surface area contributed by atoms with Gasteiger partial charge in [0.15, 0.2) is 0 Å². The molecule has 0 aromatic carbocycles. The van der Waals surface area contributed by atoms with Gasteiger partial charge in [0.05, 0.1) is 18.8 Å². The first-order valence-electron chi connectivity index (χ1n) is 3.08. The topological polar surface area (TPSA) is 29.5 Å². The van der Waals surface area contributed by atoms with Crippen LogP contribution in [0.25, 0.3) is 0 Å². The maximum absolute atomic E-state index is 8.70. The highest BCUT2D eigenvalue weighted by molar-refractivity contribution is 4.73. The van der Waals surface area contributed by atoms with E-state index in [0.717, 1.165) is 0 Å². The number of hydrogen-bond acceptors (Lipinski definition) is 2. The first-order chi connectivity index (χ1) is 3.79. The summed E-state index contributed by atoms with van der Waals surface area (Å²) in [6, 6.07) is 0. The highest BCUT2D eigenvalue weighted by Gasteiger charge is 2.22. The van der Waals surface area contributed by atoms with Gasteiger partial charge in [-0.2, -0.15) is 0 Å². The highest BCUT2D eigenvalue weighted by atomic mass is 16.5. The molecular weight excluding hydrogens is 104 g/mol. The predicted octanol–water partition coefficient (Wildman–Crippen LogP) is 0.546. The van der Waals surface area contributed by atoms with Gasteiger partial charge < -0.3 is 9.84 Å². The minimum absolute atomic E-state index is 0.296. The van der Waals surface area contributed by atoms with E-state index in [9.17, 15) is 0 Å². The van der Waals surface area contributed by atoms with Crippen molar-refractivity contribution in [1.29, 1.82) is 0 Å². The van der Waals surface area contributed by atoms with Gasteiger partial charge in [0, 0.05) is 0 Å². The van der Waals surface area contributed by atoms with Crippen molar-refractivity contribution in [2.45, 2.75) is 32.0 Å². The zero-order chi connectivity index (χ0) is 5.98. The minimum atomic E-state index is -0.296. The van der Waals surface area contributed by atoms with E-state index in [2.05, 4.69) is 0 Å². The average molecular weight is 116 g/mol. The molecule has 1 fully saturated rings. The molecule has 2 nitrogen and oxygen atoms in total. The van der Waals surface area contributed by atoms with E-state index in [1.54, 1.807) is 6.92 Å². The molecule has 48 valence electrons. The summed E-state index contributed by atoms with van der Waals surface area (Å²) in [5.41, 5.74) is 0. The van der Waals surface area contributed by atoms with Crippen LogP contribution in [0.1, 0.15) is 19.8 Å². The lowest BCUT2D eigenvalue weighted by Gasteiger charge is -2.02. The van der Waals surface area contributed by atoms with Crippen LogP contribution in [0, 0.1) is 0 Å². The van der Waals surface area contributed by atoms with Crippen LogP contribution in [0.2, 0.25) is 0 Å². The summed E-state index contributed by atoms with van der Waals surface area (Å²) < 4.78 is 5.16. The molecule has 0 aliphatic heterocycles. The van der Waals surface area contributed by atoms with E-state index in [1.807, 2.05) is 0 Å². The van der Waals surface area contributed by atoms with Crippen molar-refractivity contribution in [2.75, 3.05) is 6.61 Å². The van der Waals surface area contributed by atoms with Gasteiger partial charge in [-0.05, 0) is 19.8 Å². The summed E-state index contributed by atoms with van der Waals surface area (Å²) in [7, 11) is 0. The molecule has 0 amide bonds. The molecule has 1 N–H and O–H groups in total. The summed E-state index contributed by atoms with van der Waals surface area (Å²) in [4.78, 5) is 0. The third-order valence-corrected chi connectivity index (χ3v) is 1.10. The molecular formula is C6H12O2. The lowest BCUT2D eigenvalue weighted by Crippen LogP contribution is -2.10. The molecule has 1 aliphatic carbocycles. The monoisotopic (exact) mass is 116 g/mol. The fraction of sp³-hybridized carbons (Fsp3) is 1.00. The highest BCUT2D eigenvalue weighted by Crippen LogP contribution is 2.23. The van der Waals surface area contributed by atoms with Gasteiger partial charge in [0.2, 0.25) is 0 Å². The summed E-state index contributed by atoms with van der Waals surface area (Å²) in [6.07, 6.45) is 2.56. The largest absolute Gasteiger partial charge is 0.391 e. The maximum atomic E-state index is 8.70. The van der Waals surface area contributed by atoms with Crippen LogP contribution in [-0.4, -0.2) is 23.9 Å². The number of aliphatic hydroxyl groups is 1. The van der Waals surface area contributed by atoms with Gasteiger partial charge in [0.1, 0.15) is 0 Å². The van der Waals surface area contributed by atoms with Crippen LogP contribution in [0.3, 0.4) is 0 Å². The second-order valence-corrected chi connectivity index (χ2v) is 2.38. The van der Waals surface area contributed by atoms with E-state index in [4.69, 9.17) is 9.84 Å². The molecule has 0 spiro atoms. The molecule has 0 heterocycles. The van der Waals surface area contributed by atoms with E-state index in [-0.39, 0.29) is 6.10 Å². The lowest BCUT2D eigenvalue weighted by atomic mass is 10.4. The van der Waals surface area contributed by atoms with Gasteiger partial charge in [0.25, 0.3) is 0 Å². The van der Waals surface area contributed by atoms with Crippen LogP contribution in [-0.2, 0) is 4.74 Å². The SMILES string of the molecule is CC(O)COC1CC1. The minimum Gasteiger partial charge on any atom is -0.391 e. The third kappa shape index (κ3) is 2.28. The molecule has 0 radical (unpaired) electrons. The summed E-state index contributed by atoms with van der Waals surface area (Å²) in [6.45, 7) is 2.24. The Balaban J connectivity index is 1.87. The number of rotatable bonds is 3. The lowest BCUT2D eigenvalue weighted by molar-refractivity contribution is 0.0371. The van der Waals surface area contributed by atoms with Crippen LogP contribution >= 0.6 is 0 Å². The normalized spacial score (nSPS) is 23.2. The zero-order valence-corrected chi connectivity index (χ0v) is 5.13. The van der Waals surface area contributed by atoms with Crippen LogP contribution in [0.15, 0.2) is 0 Å². The smallest absolute Gasteiger partial charge is 0.0745 e. The van der Waals surface area contributed by atoms with Crippen molar-refractivity contribution >= 4 is 0 Å². The standard InChI is InChI=1S/C6H12O2/c1-5(7)4-8-6-2-3-6/h5-7H,2-4H2,1H3. The van der Waals surface area contributed by atoms with E-state index in [1.165, 1.54) is 12.8 Å². The predicted molar refractivity (Wildman–Crippen MR) is 30.7 cm³/mol. The first-order valence-corrected chi connectivity index (χ1v) is 3.08. The first kappa shape index (κ1) is 6.05. The van der Waals surface area contributed by atoms with Crippen molar-refractivity contribution in [1.82, 2.24) is 0 Å². The Bertz CT molecular complexity index is 64.9. The maximum Gasteiger partial charge on any atom is 0.0745 e.